The Hall–Kier alpha value is -1.03. The minimum absolute atomic E-state index is 0.0770. The molecule has 3 nitrogen and oxygen atoms in total. The molecule has 0 N–H and O–H groups in total. The van der Waals surface area contributed by atoms with Gasteiger partial charge in [0, 0.05) is 25.5 Å². The van der Waals surface area contributed by atoms with Gasteiger partial charge >= 0.3 is 6.03 Å². The van der Waals surface area contributed by atoms with Crippen molar-refractivity contribution in [2.24, 2.45) is 0 Å². The Morgan fingerprint density at radius 2 is 2.13 bits per heavy atom. The summed E-state index contributed by atoms with van der Waals surface area (Å²) in [5, 5.41) is 0.793. The van der Waals surface area contributed by atoms with Crippen LogP contribution in [0.5, 0.6) is 0 Å². The van der Waals surface area contributed by atoms with E-state index in [1.54, 1.807) is 4.90 Å². The summed E-state index contributed by atoms with van der Waals surface area (Å²) in [4.78, 5) is 15.5. The second-order valence-electron chi connectivity index (χ2n) is 3.61. The van der Waals surface area contributed by atoms with E-state index in [1.165, 1.54) is 5.56 Å². The summed E-state index contributed by atoms with van der Waals surface area (Å²) in [5.41, 5.74) is 2.25. The minimum atomic E-state index is 0.0770. The van der Waals surface area contributed by atoms with Gasteiger partial charge in [0.05, 0.1) is 5.69 Å². The van der Waals surface area contributed by atoms with Gasteiger partial charge in [0.15, 0.2) is 0 Å². The maximum absolute atomic E-state index is 11.9. The summed E-state index contributed by atoms with van der Waals surface area (Å²) in [7, 11) is 1.83. The molecule has 0 atom stereocenters. The van der Waals surface area contributed by atoms with Crippen LogP contribution in [0.4, 0.5) is 10.5 Å². The number of benzene rings is 1. The van der Waals surface area contributed by atoms with Gasteiger partial charge in [-0.2, -0.15) is 0 Å². The molecule has 15 heavy (non-hydrogen) atoms. The van der Waals surface area contributed by atoms with Crippen LogP contribution in [-0.2, 0) is 6.54 Å². The van der Waals surface area contributed by atoms with E-state index < -0.39 is 0 Å². The molecule has 0 fully saturated rings. The Morgan fingerprint density at radius 3 is 2.87 bits per heavy atom. The molecule has 1 heterocycles. The molecule has 0 saturated carbocycles. The number of hydrogen-bond acceptors (Lipinski definition) is 1. The molecular formula is C11H13BrN2O. The number of anilines is 1. The lowest BCUT2D eigenvalue weighted by Gasteiger charge is -2.34. The largest absolute Gasteiger partial charge is 0.324 e. The second kappa shape index (κ2) is 4.23. The standard InChI is InChI=1S/C11H13BrN2O/c1-13-8-9-4-2-3-5-10(9)14(7-6-12)11(13)15/h2-5H,6-8H2,1H3. The maximum atomic E-state index is 11.9. The molecule has 0 aliphatic carbocycles. The van der Waals surface area contributed by atoms with Gasteiger partial charge in [-0.25, -0.2) is 4.79 Å². The average molecular weight is 269 g/mol. The molecule has 0 bridgehead atoms. The van der Waals surface area contributed by atoms with Gasteiger partial charge in [0.1, 0.15) is 0 Å². The van der Waals surface area contributed by atoms with E-state index >= 15 is 0 Å². The first-order valence-corrected chi connectivity index (χ1v) is 6.02. The first-order valence-electron chi connectivity index (χ1n) is 4.90. The van der Waals surface area contributed by atoms with Crippen molar-refractivity contribution in [2.75, 3.05) is 23.8 Å². The van der Waals surface area contributed by atoms with Crippen LogP contribution in [0.15, 0.2) is 24.3 Å². The lowest BCUT2D eigenvalue weighted by atomic mass is 10.1. The zero-order valence-electron chi connectivity index (χ0n) is 8.61. The number of para-hydroxylation sites is 1. The predicted octanol–water partition coefficient (Wildman–Crippen LogP) is 2.45. The minimum Gasteiger partial charge on any atom is -0.323 e. The number of amides is 2. The third kappa shape index (κ3) is 1.86. The summed E-state index contributed by atoms with van der Waals surface area (Å²) in [5.74, 6) is 0. The monoisotopic (exact) mass is 268 g/mol. The highest BCUT2D eigenvalue weighted by molar-refractivity contribution is 9.09. The van der Waals surface area contributed by atoms with Gasteiger partial charge in [-0.1, -0.05) is 34.1 Å². The number of urea groups is 1. The van der Waals surface area contributed by atoms with Gasteiger partial charge < -0.3 is 4.90 Å². The lowest BCUT2D eigenvalue weighted by Crippen LogP contribution is -2.45. The van der Waals surface area contributed by atoms with Gasteiger partial charge in [0.25, 0.3) is 0 Å². The normalized spacial score (nSPS) is 15.5. The molecular weight excluding hydrogens is 256 g/mol. The van der Waals surface area contributed by atoms with E-state index in [4.69, 9.17) is 0 Å². The molecule has 0 unspecified atom stereocenters. The fourth-order valence-corrected chi connectivity index (χ4v) is 2.20. The molecule has 80 valence electrons. The molecule has 4 heteroatoms. The molecule has 0 aromatic heterocycles. The van der Waals surface area contributed by atoms with Gasteiger partial charge in [0.2, 0.25) is 0 Å². The summed E-state index contributed by atoms with van der Waals surface area (Å²) in [6.07, 6.45) is 0. The summed E-state index contributed by atoms with van der Waals surface area (Å²) >= 11 is 3.37. The molecule has 2 amide bonds. The highest BCUT2D eigenvalue weighted by Crippen LogP contribution is 2.27. The third-order valence-corrected chi connectivity index (χ3v) is 2.91. The van der Waals surface area contributed by atoms with Crippen molar-refractivity contribution in [1.82, 2.24) is 4.90 Å². The Balaban J connectivity index is 2.40. The highest BCUT2D eigenvalue weighted by atomic mass is 79.9. The Bertz CT molecular complexity index is 381. The number of rotatable bonds is 2. The Labute approximate surface area is 97.8 Å². The summed E-state index contributed by atoms with van der Waals surface area (Å²) in [6.45, 7) is 1.41. The van der Waals surface area contributed by atoms with Crippen LogP contribution in [0.3, 0.4) is 0 Å². The van der Waals surface area contributed by atoms with Crippen LogP contribution in [0.25, 0.3) is 0 Å². The van der Waals surface area contributed by atoms with Gasteiger partial charge in [-0.05, 0) is 11.6 Å². The number of nitrogens with zero attached hydrogens (tertiary/aromatic N) is 2. The van der Waals surface area contributed by atoms with Crippen LogP contribution in [0.2, 0.25) is 0 Å². The molecule has 1 aliphatic rings. The molecule has 1 aromatic carbocycles. The second-order valence-corrected chi connectivity index (χ2v) is 4.40. The van der Waals surface area contributed by atoms with E-state index in [9.17, 15) is 4.79 Å². The third-order valence-electron chi connectivity index (χ3n) is 2.56. The molecule has 1 aromatic rings. The van der Waals surface area contributed by atoms with E-state index in [0.29, 0.717) is 13.1 Å². The highest BCUT2D eigenvalue weighted by Gasteiger charge is 2.26. The van der Waals surface area contributed by atoms with Crippen molar-refractivity contribution < 1.29 is 4.79 Å². The molecule has 0 saturated heterocycles. The van der Waals surface area contributed by atoms with Crippen molar-refractivity contribution in [3.8, 4) is 0 Å². The summed E-state index contributed by atoms with van der Waals surface area (Å²) in [6, 6.07) is 8.13. The number of hydrogen-bond donors (Lipinski definition) is 0. The van der Waals surface area contributed by atoms with Crippen molar-refractivity contribution in [3.63, 3.8) is 0 Å². The van der Waals surface area contributed by atoms with Gasteiger partial charge in [-0.3, -0.25) is 4.90 Å². The predicted molar refractivity (Wildman–Crippen MR) is 64.4 cm³/mol. The van der Waals surface area contributed by atoms with E-state index in [2.05, 4.69) is 22.0 Å². The number of halogens is 1. The average Bonchev–Trinajstić information content (AvgIpc) is 2.25. The SMILES string of the molecule is CN1Cc2ccccc2N(CCBr)C1=O. The molecule has 1 aliphatic heterocycles. The van der Waals surface area contributed by atoms with Crippen LogP contribution in [0, 0.1) is 0 Å². The molecule has 0 spiro atoms. The Kier molecular flexibility index (Phi) is 2.95. The number of fused-ring (bicyclic) bond motifs is 1. The van der Waals surface area contributed by atoms with Gasteiger partial charge in [-0.15, -0.1) is 0 Å². The first-order chi connectivity index (χ1) is 7.24. The Morgan fingerprint density at radius 1 is 1.40 bits per heavy atom. The maximum Gasteiger partial charge on any atom is 0.324 e. The number of alkyl halides is 1. The lowest BCUT2D eigenvalue weighted by molar-refractivity contribution is 0.211. The fraction of sp³-hybridized carbons (Fsp3) is 0.364. The van der Waals surface area contributed by atoms with Crippen LogP contribution in [0.1, 0.15) is 5.56 Å². The summed E-state index contributed by atoms with van der Waals surface area (Å²) < 4.78 is 0. The van der Waals surface area contributed by atoms with Crippen molar-refractivity contribution in [2.45, 2.75) is 6.54 Å². The van der Waals surface area contributed by atoms with E-state index in [-0.39, 0.29) is 6.03 Å². The van der Waals surface area contributed by atoms with E-state index in [0.717, 1.165) is 11.0 Å². The zero-order valence-corrected chi connectivity index (χ0v) is 10.2. The smallest absolute Gasteiger partial charge is 0.323 e. The van der Waals surface area contributed by atoms with Crippen LogP contribution >= 0.6 is 15.9 Å². The number of carbonyl (C=O) groups is 1. The first kappa shape index (κ1) is 10.5. The molecule has 0 radical (unpaired) electrons. The molecule has 2 rings (SSSR count). The van der Waals surface area contributed by atoms with Crippen molar-refractivity contribution in [3.05, 3.63) is 29.8 Å². The zero-order chi connectivity index (χ0) is 10.8. The van der Waals surface area contributed by atoms with Crippen molar-refractivity contribution in [1.29, 1.82) is 0 Å². The van der Waals surface area contributed by atoms with E-state index in [1.807, 2.05) is 30.1 Å². The van der Waals surface area contributed by atoms with Crippen LogP contribution in [-0.4, -0.2) is 29.9 Å². The number of carbonyl (C=O) groups excluding carboxylic acids is 1. The topological polar surface area (TPSA) is 23.6 Å². The quantitative estimate of drug-likeness (QED) is 0.756. The fourth-order valence-electron chi connectivity index (χ4n) is 1.84. The van der Waals surface area contributed by atoms with Crippen molar-refractivity contribution >= 4 is 27.6 Å². The van der Waals surface area contributed by atoms with Crippen LogP contribution < -0.4 is 4.90 Å².